The Morgan fingerprint density at radius 3 is 2.81 bits per heavy atom. The first-order valence-corrected chi connectivity index (χ1v) is 9.05. The van der Waals surface area contributed by atoms with E-state index in [4.69, 9.17) is 0 Å². The first-order chi connectivity index (χ1) is 12.6. The van der Waals surface area contributed by atoms with Gasteiger partial charge in [-0.1, -0.05) is 6.07 Å². The van der Waals surface area contributed by atoms with E-state index in [1.165, 1.54) is 0 Å². The average Bonchev–Trinajstić information content (AvgIpc) is 3.30. The number of pyridine rings is 1. The molecule has 1 saturated carbocycles. The molecule has 0 spiro atoms. The van der Waals surface area contributed by atoms with Gasteiger partial charge in [0.15, 0.2) is 0 Å². The van der Waals surface area contributed by atoms with Gasteiger partial charge in [-0.15, -0.1) is 0 Å². The lowest BCUT2D eigenvalue weighted by Gasteiger charge is -2.25. The van der Waals surface area contributed by atoms with Gasteiger partial charge in [0, 0.05) is 63.3 Å². The largest absolute Gasteiger partial charge is 0.337 e. The second kappa shape index (κ2) is 6.90. The highest BCUT2D eigenvalue weighted by Gasteiger charge is 2.41. The maximum atomic E-state index is 13.1. The van der Waals surface area contributed by atoms with Crippen molar-refractivity contribution in [1.29, 1.82) is 0 Å². The molecule has 2 fully saturated rings. The molecule has 2 aromatic rings. The number of likely N-dealkylation sites (tertiary alicyclic amines) is 1. The number of aryl methyl sites for hydroxylation is 1. The fraction of sp³-hybridized carbons (Fsp3) is 0.474. The van der Waals surface area contributed by atoms with E-state index in [0.717, 1.165) is 24.0 Å². The van der Waals surface area contributed by atoms with Crippen LogP contribution in [0.2, 0.25) is 0 Å². The fourth-order valence-corrected chi connectivity index (χ4v) is 3.56. The predicted octanol–water partition coefficient (Wildman–Crippen LogP) is 1.35. The summed E-state index contributed by atoms with van der Waals surface area (Å²) in [5, 5.41) is 4.19. The van der Waals surface area contributed by atoms with E-state index >= 15 is 0 Å². The molecular weight excluding hydrogens is 330 g/mol. The number of hydrogen-bond donors (Lipinski definition) is 0. The number of carbonyl (C=O) groups is 2. The first kappa shape index (κ1) is 16.8. The van der Waals surface area contributed by atoms with Crippen molar-refractivity contribution in [3.63, 3.8) is 0 Å². The van der Waals surface area contributed by atoms with Crippen molar-refractivity contribution in [2.24, 2.45) is 13.0 Å². The number of aromatic nitrogens is 3. The third-order valence-electron chi connectivity index (χ3n) is 5.04. The van der Waals surface area contributed by atoms with Crippen LogP contribution in [0.25, 0.3) is 0 Å². The van der Waals surface area contributed by atoms with E-state index in [-0.39, 0.29) is 17.7 Å². The summed E-state index contributed by atoms with van der Waals surface area (Å²) < 4.78 is 1.75. The van der Waals surface area contributed by atoms with Gasteiger partial charge in [-0.05, 0) is 24.5 Å². The van der Waals surface area contributed by atoms with E-state index in [9.17, 15) is 9.59 Å². The molecule has 7 heteroatoms. The molecule has 3 heterocycles. The monoisotopic (exact) mass is 353 g/mol. The Morgan fingerprint density at radius 1 is 1.31 bits per heavy atom. The second-order valence-electron chi connectivity index (χ2n) is 7.26. The first-order valence-electron chi connectivity index (χ1n) is 9.05. The van der Waals surface area contributed by atoms with Crippen LogP contribution in [-0.4, -0.2) is 49.0 Å². The molecule has 0 bridgehead atoms. The Labute approximate surface area is 152 Å². The van der Waals surface area contributed by atoms with E-state index in [1.807, 2.05) is 30.3 Å². The van der Waals surface area contributed by atoms with Crippen LogP contribution in [-0.2, 0) is 29.7 Å². The summed E-state index contributed by atoms with van der Waals surface area (Å²) >= 11 is 0. The van der Waals surface area contributed by atoms with Gasteiger partial charge in [0.25, 0.3) is 0 Å². The maximum Gasteiger partial charge on any atom is 0.228 e. The third kappa shape index (κ3) is 3.61. The topological polar surface area (TPSA) is 71.3 Å². The molecule has 2 aromatic heterocycles. The summed E-state index contributed by atoms with van der Waals surface area (Å²) in [6.07, 6.45) is 9.62. The van der Waals surface area contributed by atoms with Crippen LogP contribution in [0.1, 0.15) is 30.4 Å². The van der Waals surface area contributed by atoms with Crippen molar-refractivity contribution in [3.8, 4) is 0 Å². The lowest BCUT2D eigenvalue weighted by atomic mass is 10.1. The molecule has 2 aliphatic rings. The molecule has 0 radical (unpaired) electrons. The number of amides is 2. The summed E-state index contributed by atoms with van der Waals surface area (Å²) in [5.41, 5.74) is 2.02. The molecule has 2 amide bonds. The van der Waals surface area contributed by atoms with Crippen LogP contribution in [0.4, 0.5) is 0 Å². The lowest BCUT2D eigenvalue weighted by Crippen LogP contribution is -2.38. The highest BCUT2D eigenvalue weighted by atomic mass is 16.2. The molecule has 1 aliphatic carbocycles. The zero-order valence-electron chi connectivity index (χ0n) is 14.9. The van der Waals surface area contributed by atoms with Gasteiger partial charge in [0.1, 0.15) is 0 Å². The van der Waals surface area contributed by atoms with Gasteiger partial charge in [-0.3, -0.25) is 19.3 Å². The molecule has 0 unspecified atom stereocenters. The van der Waals surface area contributed by atoms with E-state index in [2.05, 4.69) is 10.1 Å². The van der Waals surface area contributed by atoms with Crippen LogP contribution >= 0.6 is 0 Å². The molecule has 136 valence electrons. The second-order valence-corrected chi connectivity index (χ2v) is 7.26. The smallest absolute Gasteiger partial charge is 0.228 e. The average molecular weight is 353 g/mol. The standard InChI is InChI=1S/C19H23N5O2/c1-22-10-15(9-21-22)12-24(17-4-5-17)19(26)16-7-18(25)23(13-16)11-14-3-2-6-20-8-14/h2-3,6,8-10,16-17H,4-5,7,11-13H2,1H3/t16-/m1/s1. The lowest BCUT2D eigenvalue weighted by molar-refractivity contribution is -0.137. The SMILES string of the molecule is Cn1cc(CN(C(=O)[C@@H]2CC(=O)N(Cc3cccnc3)C2)C2CC2)cn1. The van der Waals surface area contributed by atoms with E-state index in [1.54, 1.807) is 28.2 Å². The van der Waals surface area contributed by atoms with Gasteiger partial charge < -0.3 is 9.80 Å². The van der Waals surface area contributed by atoms with Crippen molar-refractivity contribution in [1.82, 2.24) is 24.6 Å². The quantitative estimate of drug-likeness (QED) is 0.786. The molecule has 0 N–H and O–H groups in total. The molecule has 7 nitrogen and oxygen atoms in total. The summed E-state index contributed by atoms with van der Waals surface area (Å²) in [5.74, 6) is -0.112. The fourth-order valence-electron chi connectivity index (χ4n) is 3.56. The Bertz CT molecular complexity index is 799. The zero-order chi connectivity index (χ0) is 18.1. The predicted molar refractivity (Wildman–Crippen MR) is 94.5 cm³/mol. The number of nitrogens with zero attached hydrogens (tertiary/aromatic N) is 5. The minimum atomic E-state index is -0.253. The van der Waals surface area contributed by atoms with Crippen molar-refractivity contribution in [2.45, 2.75) is 38.4 Å². The highest BCUT2D eigenvalue weighted by molar-refractivity contribution is 5.89. The number of rotatable bonds is 6. The highest BCUT2D eigenvalue weighted by Crippen LogP contribution is 2.32. The zero-order valence-corrected chi connectivity index (χ0v) is 14.9. The number of carbonyl (C=O) groups excluding carboxylic acids is 2. The van der Waals surface area contributed by atoms with Crippen LogP contribution in [0, 0.1) is 5.92 Å². The number of hydrogen-bond acceptors (Lipinski definition) is 4. The summed E-state index contributed by atoms with van der Waals surface area (Å²) in [6, 6.07) is 4.13. The van der Waals surface area contributed by atoms with Crippen molar-refractivity contribution in [2.75, 3.05) is 6.54 Å². The van der Waals surface area contributed by atoms with E-state index < -0.39 is 0 Å². The Balaban J connectivity index is 1.42. The van der Waals surface area contributed by atoms with Crippen molar-refractivity contribution >= 4 is 11.8 Å². The van der Waals surface area contributed by atoms with Crippen LogP contribution in [0.3, 0.4) is 0 Å². The Kier molecular flexibility index (Phi) is 4.44. The normalized spacial score (nSPS) is 19.8. The molecule has 0 aromatic carbocycles. The molecule has 1 aliphatic heterocycles. The van der Waals surface area contributed by atoms with Gasteiger partial charge in [-0.2, -0.15) is 5.10 Å². The molecule has 1 atom stereocenters. The van der Waals surface area contributed by atoms with Gasteiger partial charge in [0.05, 0.1) is 12.1 Å². The van der Waals surface area contributed by atoms with Crippen molar-refractivity contribution < 1.29 is 9.59 Å². The summed E-state index contributed by atoms with van der Waals surface area (Å²) in [6.45, 7) is 1.58. The maximum absolute atomic E-state index is 13.1. The minimum Gasteiger partial charge on any atom is -0.337 e. The Morgan fingerprint density at radius 2 is 2.15 bits per heavy atom. The van der Waals surface area contributed by atoms with Gasteiger partial charge in [-0.25, -0.2) is 0 Å². The van der Waals surface area contributed by atoms with Crippen LogP contribution in [0.15, 0.2) is 36.9 Å². The van der Waals surface area contributed by atoms with E-state index in [0.29, 0.717) is 32.1 Å². The minimum absolute atomic E-state index is 0.0457. The molecular formula is C19H23N5O2. The molecule has 26 heavy (non-hydrogen) atoms. The van der Waals surface area contributed by atoms with Gasteiger partial charge in [0.2, 0.25) is 11.8 Å². The van der Waals surface area contributed by atoms with Crippen LogP contribution < -0.4 is 0 Å². The Hall–Kier alpha value is -2.70. The molecule has 4 rings (SSSR count). The summed E-state index contributed by atoms with van der Waals surface area (Å²) in [4.78, 5) is 33.3. The third-order valence-corrected chi connectivity index (χ3v) is 5.04. The molecule has 1 saturated heterocycles. The van der Waals surface area contributed by atoms with Gasteiger partial charge >= 0.3 is 0 Å². The van der Waals surface area contributed by atoms with Crippen molar-refractivity contribution in [3.05, 3.63) is 48.0 Å². The summed E-state index contributed by atoms with van der Waals surface area (Å²) in [7, 11) is 1.87. The van der Waals surface area contributed by atoms with Crippen LogP contribution in [0.5, 0.6) is 0 Å².